The molecule has 1 atom stereocenters. The maximum Gasteiger partial charge on any atom is 0.267 e. The Hall–Kier alpha value is -2.49. The first-order valence-electron chi connectivity index (χ1n) is 8.81. The highest BCUT2D eigenvalue weighted by atomic mass is 16.5. The minimum atomic E-state index is -0.565. The van der Waals surface area contributed by atoms with Crippen LogP contribution in [0.5, 0.6) is 11.5 Å². The van der Waals surface area contributed by atoms with Crippen molar-refractivity contribution in [2.24, 2.45) is 0 Å². The first-order chi connectivity index (χ1) is 11.9. The lowest BCUT2D eigenvalue weighted by molar-refractivity contribution is -0.124. The van der Waals surface area contributed by atoms with Gasteiger partial charge in [0.1, 0.15) is 5.60 Å². The molecule has 4 heteroatoms. The van der Waals surface area contributed by atoms with Crippen LogP contribution in [0.25, 0.3) is 0 Å². The number of nitrogens with zero attached hydrogens (tertiary/aromatic N) is 1. The van der Waals surface area contributed by atoms with Gasteiger partial charge in [-0.3, -0.25) is 4.79 Å². The van der Waals surface area contributed by atoms with Crippen LogP contribution in [0.2, 0.25) is 0 Å². The summed E-state index contributed by atoms with van der Waals surface area (Å²) >= 11 is 0. The zero-order chi connectivity index (χ0) is 17.6. The van der Waals surface area contributed by atoms with Crippen molar-refractivity contribution in [3.8, 4) is 11.5 Å². The molecule has 0 radical (unpaired) electrons. The Balaban J connectivity index is 1.53. The van der Waals surface area contributed by atoms with Crippen molar-refractivity contribution >= 4 is 11.6 Å². The lowest BCUT2D eigenvalue weighted by Gasteiger charge is -2.23. The van der Waals surface area contributed by atoms with E-state index < -0.39 is 6.10 Å². The van der Waals surface area contributed by atoms with Crippen LogP contribution in [-0.2, 0) is 17.6 Å². The van der Waals surface area contributed by atoms with Gasteiger partial charge in [0.25, 0.3) is 5.91 Å². The van der Waals surface area contributed by atoms with Gasteiger partial charge < -0.3 is 14.4 Å². The minimum absolute atomic E-state index is 0.0141. The van der Waals surface area contributed by atoms with E-state index in [0.717, 1.165) is 29.8 Å². The molecule has 1 amide bonds. The molecule has 4 rings (SSSR count). The lowest BCUT2D eigenvalue weighted by atomic mass is 10.0. The van der Waals surface area contributed by atoms with Gasteiger partial charge in [-0.15, -0.1) is 0 Å². The number of carbonyl (C=O) groups is 1. The number of fused-ring (bicyclic) bond motifs is 2. The van der Waals surface area contributed by atoms with Gasteiger partial charge in [0.05, 0.1) is 0 Å². The number of anilines is 1. The smallest absolute Gasteiger partial charge is 0.267 e. The topological polar surface area (TPSA) is 38.8 Å². The number of para-hydroxylation sites is 2. The van der Waals surface area contributed by atoms with Gasteiger partial charge in [0, 0.05) is 24.2 Å². The Morgan fingerprint density at radius 2 is 1.92 bits per heavy atom. The van der Waals surface area contributed by atoms with Crippen LogP contribution in [0.15, 0.2) is 42.5 Å². The highest BCUT2D eigenvalue weighted by Crippen LogP contribution is 2.42. The molecule has 2 aromatic carbocycles. The monoisotopic (exact) mass is 337 g/mol. The second-order valence-electron chi connectivity index (χ2n) is 7.41. The van der Waals surface area contributed by atoms with E-state index in [-0.39, 0.29) is 11.5 Å². The molecular formula is C21H23NO3. The molecule has 0 N–H and O–H groups in total. The minimum Gasteiger partial charge on any atom is -0.483 e. The van der Waals surface area contributed by atoms with E-state index in [1.807, 2.05) is 42.2 Å². The Morgan fingerprint density at radius 1 is 1.16 bits per heavy atom. The zero-order valence-electron chi connectivity index (χ0n) is 14.9. The second kappa shape index (κ2) is 5.80. The maximum absolute atomic E-state index is 12.9. The summed E-state index contributed by atoms with van der Waals surface area (Å²) in [4.78, 5) is 14.7. The van der Waals surface area contributed by atoms with Crippen molar-refractivity contribution < 1.29 is 14.3 Å². The Kier molecular flexibility index (Phi) is 3.71. The van der Waals surface area contributed by atoms with Crippen molar-refractivity contribution in [1.82, 2.24) is 0 Å². The summed E-state index contributed by atoms with van der Waals surface area (Å²) < 4.78 is 12.1. The molecule has 0 saturated heterocycles. The van der Waals surface area contributed by atoms with Gasteiger partial charge in [-0.2, -0.15) is 0 Å². The van der Waals surface area contributed by atoms with Crippen LogP contribution in [-0.4, -0.2) is 24.2 Å². The first kappa shape index (κ1) is 16.0. The van der Waals surface area contributed by atoms with E-state index in [4.69, 9.17) is 9.47 Å². The molecule has 2 heterocycles. The molecular weight excluding hydrogens is 314 g/mol. The van der Waals surface area contributed by atoms with E-state index in [1.54, 1.807) is 0 Å². The molecule has 0 aliphatic carbocycles. The molecule has 4 nitrogen and oxygen atoms in total. The van der Waals surface area contributed by atoms with E-state index in [1.165, 1.54) is 5.56 Å². The van der Waals surface area contributed by atoms with Gasteiger partial charge in [0.2, 0.25) is 0 Å². The predicted octanol–water partition coefficient (Wildman–Crippen LogP) is 3.76. The fourth-order valence-corrected chi connectivity index (χ4v) is 3.71. The second-order valence-corrected chi connectivity index (χ2v) is 7.41. The maximum atomic E-state index is 12.9. The molecule has 0 bridgehead atoms. The van der Waals surface area contributed by atoms with Crippen molar-refractivity contribution in [3.05, 3.63) is 53.6 Å². The highest BCUT2D eigenvalue weighted by Gasteiger charge is 2.34. The molecule has 1 unspecified atom stereocenters. The quantitative estimate of drug-likeness (QED) is 0.856. The zero-order valence-corrected chi connectivity index (χ0v) is 14.9. The van der Waals surface area contributed by atoms with Gasteiger partial charge in [-0.1, -0.05) is 30.3 Å². The van der Waals surface area contributed by atoms with Crippen LogP contribution in [0.4, 0.5) is 5.69 Å². The van der Waals surface area contributed by atoms with E-state index in [2.05, 4.69) is 26.0 Å². The fraction of sp³-hybridized carbons (Fsp3) is 0.381. The van der Waals surface area contributed by atoms with Crippen LogP contribution in [0, 0.1) is 0 Å². The highest BCUT2D eigenvalue weighted by molar-refractivity contribution is 5.98. The third kappa shape index (κ3) is 2.86. The summed E-state index contributed by atoms with van der Waals surface area (Å²) in [5.74, 6) is 1.41. The van der Waals surface area contributed by atoms with Crippen LogP contribution in [0.3, 0.4) is 0 Å². The van der Waals surface area contributed by atoms with Crippen molar-refractivity contribution in [1.29, 1.82) is 0 Å². The molecule has 130 valence electrons. The summed E-state index contributed by atoms with van der Waals surface area (Å²) in [5, 5.41) is 0. The number of amides is 1. The molecule has 2 aliphatic rings. The third-order valence-electron chi connectivity index (χ3n) is 4.86. The van der Waals surface area contributed by atoms with Crippen LogP contribution < -0.4 is 14.4 Å². The number of hydrogen-bond donors (Lipinski definition) is 0. The first-order valence-corrected chi connectivity index (χ1v) is 8.81. The molecule has 0 spiro atoms. The van der Waals surface area contributed by atoms with Crippen LogP contribution in [0.1, 0.15) is 31.9 Å². The molecule has 0 saturated carbocycles. The summed E-state index contributed by atoms with van der Waals surface area (Å²) in [6.45, 7) is 6.64. The summed E-state index contributed by atoms with van der Waals surface area (Å²) in [6.07, 6.45) is 1.18. The van der Waals surface area contributed by atoms with E-state index in [9.17, 15) is 4.79 Å². The Morgan fingerprint density at radius 3 is 2.76 bits per heavy atom. The van der Waals surface area contributed by atoms with E-state index in [0.29, 0.717) is 12.3 Å². The molecule has 2 aliphatic heterocycles. The van der Waals surface area contributed by atoms with Crippen molar-refractivity contribution in [2.75, 3.05) is 11.4 Å². The molecule has 0 fully saturated rings. The average Bonchev–Trinajstić information content (AvgIpc) is 3.14. The fourth-order valence-electron chi connectivity index (χ4n) is 3.71. The number of carbonyl (C=O) groups excluding carboxylic acids is 1. The SMILES string of the molecule is CC(Oc1cccc2c1OC(C)(C)C2)C(=O)N1CCc2ccccc21. The summed E-state index contributed by atoms with van der Waals surface area (Å²) in [5.41, 5.74) is 3.11. The van der Waals surface area contributed by atoms with Crippen LogP contribution >= 0.6 is 0 Å². The number of hydrogen-bond acceptors (Lipinski definition) is 3. The molecule has 0 aromatic heterocycles. The lowest BCUT2D eigenvalue weighted by Crippen LogP contribution is -2.39. The third-order valence-corrected chi connectivity index (χ3v) is 4.86. The molecule has 2 aromatic rings. The van der Waals surface area contributed by atoms with Gasteiger partial charge in [-0.05, 0) is 44.9 Å². The average molecular weight is 337 g/mol. The van der Waals surface area contributed by atoms with Crippen molar-refractivity contribution in [2.45, 2.75) is 45.3 Å². The predicted molar refractivity (Wildman–Crippen MR) is 97.4 cm³/mol. The largest absolute Gasteiger partial charge is 0.483 e. The number of benzene rings is 2. The standard InChI is InChI=1S/C21H23NO3/c1-14(20(23)22-12-11-15-7-4-5-9-17(15)22)24-18-10-6-8-16-13-21(2,3)25-19(16)18/h4-10,14H,11-13H2,1-3H3. The number of rotatable bonds is 3. The Labute approximate surface area is 148 Å². The Bertz CT molecular complexity index is 828. The van der Waals surface area contributed by atoms with Gasteiger partial charge in [0.15, 0.2) is 17.6 Å². The van der Waals surface area contributed by atoms with Gasteiger partial charge in [-0.25, -0.2) is 0 Å². The van der Waals surface area contributed by atoms with E-state index >= 15 is 0 Å². The summed E-state index contributed by atoms with van der Waals surface area (Å²) in [6, 6.07) is 13.9. The number of ether oxygens (including phenoxy) is 2. The van der Waals surface area contributed by atoms with Crippen molar-refractivity contribution in [3.63, 3.8) is 0 Å². The molecule has 25 heavy (non-hydrogen) atoms. The normalized spacial score (nSPS) is 18.3. The summed E-state index contributed by atoms with van der Waals surface area (Å²) in [7, 11) is 0. The van der Waals surface area contributed by atoms with Gasteiger partial charge >= 0.3 is 0 Å².